The summed E-state index contributed by atoms with van der Waals surface area (Å²) in [5, 5.41) is 24.7. The number of rotatable bonds is 13. The van der Waals surface area contributed by atoms with Gasteiger partial charge >= 0.3 is 19.4 Å². The van der Waals surface area contributed by atoms with Crippen molar-refractivity contribution in [1.29, 1.82) is 0 Å². The molecule has 0 saturated heterocycles. The van der Waals surface area contributed by atoms with E-state index in [0.29, 0.717) is 4.57 Å². The Morgan fingerprint density at radius 1 is 1.21 bits per heavy atom. The maximum atomic E-state index is 13.7. The molecule has 2 rings (SSSR count). The van der Waals surface area contributed by atoms with E-state index in [1.54, 1.807) is 32.0 Å². The molecule has 14 heteroatoms. The molecule has 13 nitrogen and oxygen atoms in total. The molecular formula is C24H32N3O10P. The molecule has 5 atom stereocenters. The van der Waals surface area contributed by atoms with Gasteiger partial charge in [-0.3, -0.25) is 23.7 Å². The maximum Gasteiger partial charge on any atom is 0.459 e. The fourth-order valence-corrected chi connectivity index (χ4v) is 4.70. The molecule has 1 heterocycles. The minimum absolute atomic E-state index is 0.149. The first-order chi connectivity index (χ1) is 17.8. The first-order valence-electron chi connectivity index (χ1n) is 11.5. The van der Waals surface area contributed by atoms with Crippen LogP contribution in [-0.4, -0.2) is 63.8 Å². The van der Waals surface area contributed by atoms with E-state index in [9.17, 15) is 29.2 Å². The number of nitrogens with one attached hydrogen (secondary N) is 2. The number of methoxy groups -OCH3 is 1. The fourth-order valence-electron chi connectivity index (χ4n) is 3.20. The molecule has 0 aliphatic heterocycles. The van der Waals surface area contributed by atoms with Gasteiger partial charge in [-0.25, -0.2) is 9.36 Å². The molecule has 0 aliphatic rings. The van der Waals surface area contributed by atoms with Gasteiger partial charge in [0.25, 0.3) is 5.56 Å². The first kappa shape index (κ1) is 31.0. The van der Waals surface area contributed by atoms with Gasteiger partial charge in [0.1, 0.15) is 24.0 Å². The molecule has 1 unspecified atom stereocenters. The summed E-state index contributed by atoms with van der Waals surface area (Å²) in [7, 11) is -3.16. The van der Waals surface area contributed by atoms with E-state index in [1.165, 1.54) is 33.1 Å². The van der Waals surface area contributed by atoms with Gasteiger partial charge in [0.15, 0.2) is 0 Å². The number of nitrogens with zero attached hydrogens (tertiary/aromatic N) is 1. The number of hydrogen-bond acceptors (Lipinski definition) is 10. The van der Waals surface area contributed by atoms with Crippen molar-refractivity contribution in [2.45, 2.75) is 57.8 Å². The van der Waals surface area contributed by atoms with Crippen LogP contribution in [0.15, 0.2) is 52.2 Å². The molecule has 0 aliphatic carbocycles. The summed E-state index contributed by atoms with van der Waals surface area (Å²) in [4.78, 5) is 38.1. The summed E-state index contributed by atoms with van der Waals surface area (Å²) < 4.78 is 35.7. The monoisotopic (exact) mass is 553 g/mol. The Morgan fingerprint density at radius 3 is 2.42 bits per heavy atom. The van der Waals surface area contributed by atoms with Crippen LogP contribution < -0.4 is 20.9 Å². The number of benzene rings is 1. The van der Waals surface area contributed by atoms with E-state index >= 15 is 0 Å². The predicted octanol–water partition coefficient (Wildman–Crippen LogP) is 0.714. The number of carbonyl (C=O) groups excluding carboxylic acids is 1. The lowest BCUT2D eigenvalue weighted by Crippen LogP contribution is -2.56. The molecule has 0 amide bonds. The Labute approximate surface area is 219 Å². The third-order valence-corrected chi connectivity index (χ3v) is 6.65. The third-order valence-electron chi connectivity index (χ3n) is 5.00. The van der Waals surface area contributed by atoms with E-state index in [1.807, 2.05) is 4.98 Å². The molecule has 0 saturated carbocycles. The molecule has 208 valence electrons. The van der Waals surface area contributed by atoms with Crippen LogP contribution in [0.5, 0.6) is 5.75 Å². The van der Waals surface area contributed by atoms with Crippen molar-refractivity contribution in [1.82, 2.24) is 14.6 Å². The normalized spacial score (nSPS) is 16.7. The number of esters is 1. The summed E-state index contributed by atoms with van der Waals surface area (Å²) in [6, 6.07) is 7.82. The van der Waals surface area contributed by atoms with Crippen LogP contribution in [0, 0.1) is 11.8 Å². The largest absolute Gasteiger partial charge is 0.462 e. The molecule has 1 aromatic carbocycles. The van der Waals surface area contributed by atoms with Crippen molar-refractivity contribution in [3.8, 4) is 17.6 Å². The highest BCUT2D eigenvalue weighted by atomic mass is 31.2. The lowest BCUT2D eigenvalue weighted by Gasteiger charge is -2.34. The Hall–Kier alpha value is -3.24. The van der Waals surface area contributed by atoms with Gasteiger partial charge in [-0.15, -0.1) is 5.92 Å². The van der Waals surface area contributed by atoms with Crippen LogP contribution in [0.4, 0.5) is 0 Å². The van der Waals surface area contributed by atoms with Crippen LogP contribution in [-0.2, 0) is 29.1 Å². The van der Waals surface area contributed by atoms with Gasteiger partial charge in [0, 0.05) is 19.4 Å². The van der Waals surface area contributed by atoms with E-state index in [-0.39, 0.29) is 5.75 Å². The lowest BCUT2D eigenvalue weighted by atomic mass is 10.0. The smallest absolute Gasteiger partial charge is 0.459 e. The summed E-state index contributed by atoms with van der Waals surface area (Å²) in [5.41, 5.74) is -4.35. The number of aliphatic hydroxyl groups excluding tert-OH is 1. The number of hydrogen-bond donors (Lipinski definition) is 4. The van der Waals surface area contributed by atoms with E-state index in [0.717, 1.165) is 12.3 Å². The molecule has 0 bridgehead atoms. The second kappa shape index (κ2) is 13.5. The van der Waals surface area contributed by atoms with Gasteiger partial charge < -0.3 is 24.2 Å². The minimum atomic E-state index is -4.33. The molecule has 4 N–H and O–H groups in total. The van der Waals surface area contributed by atoms with Crippen LogP contribution in [0.2, 0.25) is 0 Å². The van der Waals surface area contributed by atoms with Gasteiger partial charge in [0.2, 0.25) is 5.72 Å². The van der Waals surface area contributed by atoms with Crippen molar-refractivity contribution in [2.24, 2.45) is 0 Å². The lowest BCUT2D eigenvalue weighted by molar-refractivity contribution is -0.154. The molecule has 2 aromatic rings. The molecule has 1 aromatic heterocycles. The summed E-state index contributed by atoms with van der Waals surface area (Å²) >= 11 is 0. The average molecular weight is 554 g/mol. The van der Waals surface area contributed by atoms with Crippen molar-refractivity contribution in [3.05, 3.63) is 63.4 Å². The highest BCUT2D eigenvalue weighted by Crippen LogP contribution is 2.45. The van der Waals surface area contributed by atoms with E-state index in [2.05, 4.69) is 16.9 Å². The highest BCUT2D eigenvalue weighted by molar-refractivity contribution is 7.52. The second-order valence-corrected chi connectivity index (χ2v) is 10.0. The second-order valence-electron chi connectivity index (χ2n) is 8.33. The number of aromatic nitrogens is 2. The number of carbonyl (C=O) groups is 1. The summed E-state index contributed by atoms with van der Waals surface area (Å²) in [6.45, 7) is 5.40. The topological polar surface area (TPSA) is 178 Å². The van der Waals surface area contributed by atoms with Crippen molar-refractivity contribution in [2.75, 3.05) is 13.7 Å². The molecule has 0 spiro atoms. The van der Waals surface area contributed by atoms with Crippen LogP contribution in [0.1, 0.15) is 27.7 Å². The van der Waals surface area contributed by atoms with Gasteiger partial charge in [-0.1, -0.05) is 18.2 Å². The van der Waals surface area contributed by atoms with Crippen molar-refractivity contribution in [3.63, 3.8) is 0 Å². The quantitative estimate of drug-likeness (QED) is 0.156. The zero-order valence-corrected chi connectivity index (χ0v) is 22.5. The summed E-state index contributed by atoms with van der Waals surface area (Å²) in [5.74, 6) is 4.19. The van der Waals surface area contributed by atoms with Gasteiger partial charge in [0.05, 0.1) is 12.7 Å². The van der Waals surface area contributed by atoms with Crippen LogP contribution in [0.25, 0.3) is 0 Å². The predicted molar refractivity (Wildman–Crippen MR) is 136 cm³/mol. The molecule has 0 fully saturated rings. The Kier molecular flexibility index (Phi) is 11.0. The van der Waals surface area contributed by atoms with Gasteiger partial charge in [-0.2, -0.15) is 5.09 Å². The minimum Gasteiger partial charge on any atom is -0.462 e. The highest BCUT2D eigenvalue weighted by Gasteiger charge is 2.44. The summed E-state index contributed by atoms with van der Waals surface area (Å²) in [6.07, 6.45) is -2.87. The molecular weight excluding hydrogens is 521 g/mol. The zero-order valence-electron chi connectivity index (χ0n) is 21.6. The Bertz CT molecular complexity index is 1300. The number of aromatic amines is 1. The Balaban J connectivity index is 2.35. The van der Waals surface area contributed by atoms with Crippen molar-refractivity contribution < 1.29 is 38.1 Å². The number of ether oxygens (including phenoxy) is 2. The number of aliphatic hydroxyl groups is 2. The van der Waals surface area contributed by atoms with E-state index in [4.69, 9.17) is 18.5 Å². The Morgan fingerprint density at radius 2 is 1.87 bits per heavy atom. The van der Waals surface area contributed by atoms with Crippen molar-refractivity contribution >= 4 is 13.7 Å². The third kappa shape index (κ3) is 8.13. The van der Waals surface area contributed by atoms with Crippen LogP contribution >= 0.6 is 7.75 Å². The molecule has 0 radical (unpaired) electrons. The van der Waals surface area contributed by atoms with E-state index < -0.39 is 61.7 Å². The molecule has 38 heavy (non-hydrogen) atoms. The average Bonchev–Trinajstić information content (AvgIpc) is 2.84. The number of para-hydroxylation sites is 1. The van der Waals surface area contributed by atoms with Gasteiger partial charge in [-0.05, 0) is 45.7 Å². The SMILES string of the molecule is CC#C[C@@](O)([C@H](O)[C@@H](COP(=O)(N[C@@H](C)C(=O)OC(C)C)Oc1ccccc1)OC)n1ccc(=O)[nH]c1=O. The zero-order chi connectivity index (χ0) is 28.5. The first-order valence-corrected chi connectivity index (χ1v) is 13.1. The maximum absolute atomic E-state index is 13.7. The van der Waals surface area contributed by atoms with Crippen LogP contribution in [0.3, 0.4) is 0 Å². The standard InChI is InChI=1S/C24H32N3O10P/c1-6-13-24(32,27-14-12-20(28)25-23(27)31)21(29)19(34-5)15-35-38(33,37-18-10-8-7-9-11-18)26-17(4)22(30)36-16(2)3/h7-12,14,16-17,19,21,29,32H,15H2,1-5H3,(H,26,33)(H,25,28,31)/t17-,19+,21+,24+,38?/m0/s1. The fraction of sp³-hybridized carbons (Fsp3) is 0.458. The number of H-pyrrole nitrogens is 1.